The van der Waals surface area contributed by atoms with Gasteiger partial charge in [-0.2, -0.15) is 0 Å². The topological polar surface area (TPSA) is 74.4 Å². The number of benzene rings is 2. The highest BCUT2D eigenvalue weighted by molar-refractivity contribution is 7.21. The Hall–Kier alpha value is -3.16. The second kappa shape index (κ2) is 8.53. The molecule has 158 valence electrons. The first-order valence-electron chi connectivity index (χ1n) is 9.29. The van der Waals surface area contributed by atoms with Crippen molar-refractivity contribution in [3.8, 4) is 22.8 Å². The molecule has 0 radical (unpaired) electrons. The smallest absolute Gasteiger partial charge is 0.179 e. The predicted molar refractivity (Wildman–Crippen MR) is 122 cm³/mol. The summed E-state index contributed by atoms with van der Waals surface area (Å²) in [6, 6.07) is 13.2. The standard InChI is InChI=1S/C23H18ClFN2O3S/c1-29-19-8-4-13(10-20(19)30-2)17-7-6-15-21(26)22(31-23(15)27-17)18(28)9-12-3-5-14(25)11-16(12)24/h3-8,10-11H,9,26H2,1-2H3. The van der Waals surface area contributed by atoms with E-state index in [0.29, 0.717) is 37.8 Å². The lowest BCUT2D eigenvalue weighted by Gasteiger charge is -2.09. The fraction of sp³-hybridized carbons (Fsp3) is 0.130. The van der Waals surface area contributed by atoms with Gasteiger partial charge in [-0.25, -0.2) is 9.37 Å². The van der Waals surface area contributed by atoms with Crippen molar-refractivity contribution in [1.29, 1.82) is 0 Å². The molecule has 8 heteroatoms. The van der Waals surface area contributed by atoms with Gasteiger partial charge in [0.05, 0.1) is 30.5 Å². The Labute approximate surface area is 187 Å². The van der Waals surface area contributed by atoms with Crippen molar-refractivity contribution in [3.05, 3.63) is 69.8 Å². The van der Waals surface area contributed by atoms with E-state index in [1.54, 1.807) is 14.2 Å². The van der Waals surface area contributed by atoms with E-state index in [4.69, 9.17) is 31.8 Å². The quantitative estimate of drug-likeness (QED) is 0.372. The van der Waals surface area contributed by atoms with Crippen LogP contribution in [-0.2, 0) is 6.42 Å². The number of carbonyl (C=O) groups excluding carboxylic acids is 1. The number of ketones is 1. The number of aromatic nitrogens is 1. The number of rotatable bonds is 6. The first-order valence-corrected chi connectivity index (χ1v) is 10.5. The third-order valence-corrected chi connectivity index (χ3v) is 6.40. The summed E-state index contributed by atoms with van der Waals surface area (Å²) in [6.07, 6.45) is 0.0265. The summed E-state index contributed by atoms with van der Waals surface area (Å²) in [5.74, 6) is 0.579. The van der Waals surface area contributed by atoms with Gasteiger partial charge < -0.3 is 15.2 Å². The fourth-order valence-corrected chi connectivity index (χ4v) is 4.54. The summed E-state index contributed by atoms with van der Waals surface area (Å²) in [6.45, 7) is 0. The molecule has 0 unspecified atom stereocenters. The van der Waals surface area contributed by atoms with Gasteiger partial charge in [0, 0.05) is 22.4 Å². The Morgan fingerprint density at radius 3 is 2.58 bits per heavy atom. The lowest BCUT2D eigenvalue weighted by atomic mass is 10.1. The predicted octanol–water partition coefficient (Wildman–Crippen LogP) is 5.78. The van der Waals surface area contributed by atoms with Gasteiger partial charge in [0.15, 0.2) is 17.3 Å². The number of carbonyl (C=O) groups is 1. The summed E-state index contributed by atoms with van der Waals surface area (Å²) >= 11 is 7.29. The number of nitrogens with two attached hydrogens (primary N) is 1. The van der Waals surface area contributed by atoms with Gasteiger partial charge in [0.1, 0.15) is 10.6 Å². The molecule has 0 amide bonds. The molecule has 4 aromatic rings. The fourth-order valence-electron chi connectivity index (χ4n) is 3.28. The molecule has 31 heavy (non-hydrogen) atoms. The van der Waals surface area contributed by atoms with Crippen molar-refractivity contribution in [2.45, 2.75) is 6.42 Å². The van der Waals surface area contributed by atoms with Crippen LogP contribution in [0, 0.1) is 5.82 Å². The van der Waals surface area contributed by atoms with Crippen LogP contribution in [0.2, 0.25) is 5.02 Å². The molecular weight excluding hydrogens is 439 g/mol. The number of thiophene rings is 1. The van der Waals surface area contributed by atoms with Crippen molar-refractivity contribution in [3.63, 3.8) is 0 Å². The van der Waals surface area contributed by atoms with Gasteiger partial charge in [0.25, 0.3) is 0 Å². The van der Waals surface area contributed by atoms with Crippen LogP contribution in [0.15, 0.2) is 48.5 Å². The van der Waals surface area contributed by atoms with Crippen molar-refractivity contribution in [1.82, 2.24) is 4.98 Å². The van der Waals surface area contributed by atoms with E-state index in [0.717, 1.165) is 11.3 Å². The van der Waals surface area contributed by atoms with Gasteiger partial charge in [-0.05, 0) is 48.0 Å². The van der Waals surface area contributed by atoms with E-state index in [2.05, 4.69) is 0 Å². The highest BCUT2D eigenvalue weighted by Crippen LogP contribution is 2.37. The van der Waals surface area contributed by atoms with Gasteiger partial charge in [0.2, 0.25) is 0 Å². The third-order valence-electron chi connectivity index (χ3n) is 4.89. The number of anilines is 1. The first kappa shape index (κ1) is 21.1. The molecule has 0 bridgehead atoms. The van der Waals surface area contributed by atoms with Crippen molar-refractivity contribution in [2.75, 3.05) is 20.0 Å². The monoisotopic (exact) mass is 456 g/mol. The van der Waals surface area contributed by atoms with E-state index in [-0.39, 0.29) is 17.2 Å². The number of nitrogens with zero attached hydrogens (tertiary/aromatic N) is 1. The minimum atomic E-state index is -0.450. The zero-order valence-electron chi connectivity index (χ0n) is 16.7. The molecule has 2 aromatic heterocycles. The number of pyridine rings is 1. The Bertz CT molecular complexity index is 1310. The van der Waals surface area contributed by atoms with Gasteiger partial charge in [-0.15, -0.1) is 11.3 Å². The van der Waals surface area contributed by atoms with Crippen molar-refractivity contribution >= 4 is 44.6 Å². The molecule has 0 saturated carbocycles. The maximum atomic E-state index is 13.3. The summed E-state index contributed by atoms with van der Waals surface area (Å²) in [5.41, 5.74) is 8.74. The molecule has 0 saturated heterocycles. The Morgan fingerprint density at radius 2 is 1.87 bits per heavy atom. The zero-order chi connectivity index (χ0) is 22.1. The maximum absolute atomic E-state index is 13.3. The molecule has 0 aliphatic rings. The van der Waals surface area contributed by atoms with E-state index < -0.39 is 5.82 Å². The molecule has 2 aromatic carbocycles. The molecular formula is C23H18ClFN2O3S. The largest absolute Gasteiger partial charge is 0.493 e. The zero-order valence-corrected chi connectivity index (χ0v) is 18.3. The molecule has 0 aliphatic heterocycles. The van der Waals surface area contributed by atoms with E-state index in [1.165, 1.54) is 29.5 Å². The van der Waals surface area contributed by atoms with Gasteiger partial charge in [-0.3, -0.25) is 4.79 Å². The molecule has 0 atom stereocenters. The molecule has 0 aliphatic carbocycles. The van der Waals surface area contributed by atoms with Crippen molar-refractivity contribution < 1.29 is 18.7 Å². The van der Waals surface area contributed by atoms with Crippen LogP contribution >= 0.6 is 22.9 Å². The number of ether oxygens (including phenoxy) is 2. The van der Waals surface area contributed by atoms with Crippen LogP contribution in [-0.4, -0.2) is 25.0 Å². The SMILES string of the molecule is COc1ccc(-c2ccc3c(N)c(C(=O)Cc4ccc(F)cc4Cl)sc3n2)cc1OC. The summed E-state index contributed by atoms with van der Waals surface area (Å²) in [5, 5.41) is 0.921. The number of methoxy groups -OCH3 is 2. The van der Waals surface area contributed by atoms with Crippen LogP contribution in [0.4, 0.5) is 10.1 Å². The summed E-state index contributed by atoms with van der Waals surface area (Å²) in [7, 11) is 3.15. The molecule has 2 heterocycles. The second-order valence-electron chi connectivity index (χ2n) is 6.80. The highest BCUT2D eigenvalue weighted by atomic mass is 35.5. The minimum Gasteiger partial charge on any atom is -0.493 e. The van der Waals surface area contributed by atoms with Crippen LogP contribution in [0.1, 0.15) is 15.2 Å². The number of fused-ring (bicyclic) bond motifs is 1. The number of halogens is 2. The summed E-state index contributed by atoms with van der Waals surface area (Å²) in [4.78, 5) is 18.6. The lowest BCUT2D eigenvalue weighted by molar-refractivity contribution is 0.0997. The van der Waals surface area contributed by atoms with Gasteiger partial charge >= 0.3 is 0 Å². The number of hydrogen-bond donors (Lipinski definition) is 1. The van der Waals surface area contributed by atoms with E-state index in [9.17, 15) is 9.18 Å². The van der Waals surface area contributed by atoms with E-state index in [1.807, 2.05) is 30.3 Å². The molecule has 5 nitrogen and oxygen atoms in total. The lowest BCUT2D eigenvalue weighted by Crippen LogP contribution is -2.04. The van der Waals surface area contributed by atoms with E-state index >= 15 is 0 Å². The van der Waals surface area contributed by atoms with Crippen LogP contribution in [0.3, 0.4) is 0 Å². The molecule has 0 fully saturated rings. The van der Waals surface area contributed by atoms with Crippen LogP contribution in [0.5, 0.6) is 11.5 Å². The highest BCUT2D eigenvalue weighted by Gasteiger charge is 2.19. The third kappa shape index (κ3) is 4.06. The van der Waals surface area contributed by atoms with Crippen molar-refractivity contribution in [2.24, 2.45) is 0 Å². The number of nitrogen functional groups attached to an aromatic ring is 1. The Balaban J connectivity index is 1.68. The molecule has 4 rings (SSSR count). The number of Topliss-reactive ketones (excluding diaryl/α,β-unsaturated/α-hetero) is 1. The molecule has 0 spiro atoms. The average Bonchev–Trinajstić information content (AvgIpc) is 3.11. The minimum absolute atomic E-state index is 0.0265. The normalized spacial score (nSPS) is 11.0. The second-order valence-corrected chi connectivity index (χ2v) is 8.21. The first-order chi connectivity index (χ1) is 14.9. The molecule has 2 N–H and O–H groups in total. The maximum Gasteiger partial charge on any atom is 0.179 e. The van der Waals surface area contributed by atoms with Crippen LogP contribution in [0.25, 0.3) is 21.5 Å². The number of hydrogen-bond acceptors (Lipinski definition) is 6. The average molecular weight is 457 g/mol. The van der Waals surface area contributed by atoms with Crippen LogP contribution < -0.4 is 15.2 Å². The Kier molecular flexibility index (Phi) is 5.80. The summed E-state index contributed by atoms with van der Waals surface area (Å²) < 4.78 is 23.9. The Morgan fingerprint density at radius 1 is 1.10 bits per heavy atom. The van der Waals surface area contributed by atoms with Gasteiger partial charge in [-0.1, -0.05) is 17.7 Å².